The minimum absolute atomic E-state index is 0.0663. The zero-order valence-electron chi connectivity index (χ0n) is 15.7. The third-order valence-electron chi connectivity index (χ3n) is 4.39. The molecule has 1 atom stereocenters. The zero-order chi connectivity index (χ0) is 20.9. The first-order chi connectivity index (χ1) is 13.8. The standard InChI is InChI=1S/C21H20F3NO4/c1-14(25-28-12-15-2-6-17(7-3-15)21(22,23)24)16-4-8-18(9-5-16)27-13-19-10-11-20(26)29-19/h2-9,19H,10-13H2,1H3. The van der Waals surface area contributed by atoms with Crippen LogP contribution in [0, 0.1) is 0 Å². The van der Waals surface area contributed by atoms with Gasteiger partial charge in [-0.25, -0.2) is 0 Å². The zero-order valence-corrected chi connectivity index (χ0v) is 15.7. The van der Waals surface area contributed by atoms with Crippen molar-refractivity contribution in [3.63, 3.8) is 0 Å². The summed E-state index contributed by atoms with van der Waals surface area (Å²) in [7, 11) is 0. The van der Waals surface area contributed by atoms with Crippen LogP contribution in [0.25, 0.3) is 0 Å². The molecule has 1 unspecified atom stereocenters. The molecule has 0 saturated carbocycles. The summed E-state index contributed by atoms with van der Waals surface area (Å²) in [5.74, 6) is 0.451. The van der Waals surface area contributed by atoms with Crippen LogP contribution < -0.4 is 4.74 Å². The van der Waals surface area contributed by atoms with Gasteiger partial charge >= 0.3 is 12.1 Å². The van der Waals surface area contributed by atoms with E-state index in [4.69, 9.17) is 14.3 Å². The molecule has 0 N–H and O–H groups in total. The molecule has 29 heavy (non-hydrogen) atoms. The molecule has 0 radical (unpaired) electrons. The second kappa shape index (κ2) is 8.98. The Morgan fingerprint density at radius 2 is 1.83 bits per heavy atom. The van der Waals surface area contributed by atoms with Crippen LogP contribution in [-0.4, -0.2) is 24.4 Å². The minimum atomic E-state index is -4.36. The normalized spacial score (nSPS) is 17.2. The molecule has 0 amide bonds. The second-order valence-electron chi connectivity index (χ2n) is 6.63. The Bertz CT molecular complexity index is 861. The van der Waals surface area contributed by atoms with Crippen molar-refractivity contribution in [2.45, 2.75) is 38.7 Å². The fourth-order valence-electron chi connectivity index (χ4n) is 2.73. The number of hydrogen-bond donors (Lipinski definition) is 0. The number of cyclic esters (lactones) is 1. The van der Waals surface area contributed by atoms with Crippen LogP contribution in [0.2, 0.25) is 0 Å². The third-order valence-corrected chi connectivity index (χ3v) is 4.39. The van der Waals surface area contributed by atoms with Crippen LogP contribution in [0.1, 0.15) is 36.5 Å². The van der Waals surface area contributed by atoms with Crippen LogP contribution >= 0.6 is 0 Å². The number of ether oxygens (including phenoxy) is 2. The molecule has 0 aromatic heterocycles. The first kappa shape index (κ1) is 20.7. The topological polar surface area (TPSA) is 57.1 Å². The number of esters is 1. The van der Waals surface area contributed by atoms with Gasteiger partial charge in [0.2, 0.25) is 0 Å². The van der Waals surface area contributed by atoms with Gasteiger partial charge in [-0.05, 0) is 60.9 Å². The number of oxime groups is 1. The average molecular weight is 407 g/mol. The summed E-state index contributed by atoms with van der Waals surface area (Å²) in [4.78, 5) is 16.3. The van der Waals surface area contributed by atoms with Crippen molar-refractivity contribution in [2.75, 3.05) is 6.61 Å². The van der Waals surface area contributed by atoms with Crippen LogP contribution in [0.4, 0.5) is 13.2 Å². The van der Waals surface area contributed by atoms with Gasteiger partial charge in [0.05, 0.1) is 11.3 Å². The highest BCUT2D eigenvalue weighted by molar-refractivity contribution is 5.98. The van der Waals surface area contributed by atoms with Gasteiger partial charge in [0.15, 0.2) is 0 Å². The van der Waals surface area contributed by atoms with E-state index in [0.29, 0.717) is 36.5 Å². The lowest BCUT2D eigenvalue weighted by molar-refractivity contribution is -0.142. The van der Waals surface area contributed by atoms with Crippen LogP contribution in [0.3, 0.4) is 0 Å². The summed E-state index contributed by atoms with van der Waals surface area (Å²) in [5, 5.41) is 4.00. The SMILES string of the molecule is CC(=NOCc1ccc(C(F)(F)F)cc1)c1ccc(OCC2CCC(=O)O2)cc1. The summed E-state index contributed by atoms with van der Waals surface area (Å²) in [5.41, 5.74) is 1.32. The highest BCUT2D eigenvalue weighted by Crippen LogP contribution is 2.29. The Balaban J connectivity index is 1.48. The summed E-state index contributed by atoms with van der Waals surface area (Å²) in [6.07, 6.45) is -3.47. The highest BCUT2D eigenvalue weighted by Gasteiger charge is 2.29. The number of carbonyl (C=O) groups is 1. The van der Waals surface area contributed by atoms with Crippen molar-refractivity contribution in [3.8, 4) is 5.75 Å². The maximum absolute atomic E-state index is 12.6. The molecule has 0 bridgehead atoms. The van der Waals surface area contributed by atoms with Gasteiger partial charge in [0.25, 0.3) is 0 Å². The van der Waals surface area contributed by atoms with E-state index < -0.39 is 11.7 Å². The summed E-state index contributed by atoms with van der Waals surface area (Å²) >= 11 is 0. The van der Waals surface area contributed by atoms with Crippen molar-refractivity contribution in [1.29, 1.82) is 0 Å². The molecule has 8 heteroatoms. The molecule has 1 aliphatic rings. The van der Waals surface area contributed by atoms with E-state index in [1.807, 2.05) is 12.1 Å². The number of carbonyl (C=O) groups excluding carboxylic acids is 1. The van der Waals surface area contributed by atoms with Crippen LogP contribution in [-0.2, 0) is 27.2 Å². The number of alkyl halides is 3. The van der Waals surface area contributed by atoms with Gasteiger partial charge in [0.1, 0.15) is 25.1 Å². The average Bonchev–Trinajstić information content (AvgIpc) is 3.11. The molecular weight excluding hydrogens is 387 g/mol. The van der Waals surface area contributed by atoms with Gasteiger partial charge in [-0.15, -0.1) is 0 Å². The fraction of sp³-hybridized carbons (Fsp3) is 0.333. The summed E-state index contributed by atoms with van der Waals surface area (Å²) < 4.78 is 48.4. The van der Waals surface area contributed by atoms with E-state index >= 15 is 0 Å². The highest BCUT2D eigenvalue weighted by atomic mass is 19.4. The Labute approximate surface area is 166 Å². The monoisotopic (exact) mass is 407 g/mol. The van der Waals surface area contributed by atoms with Crippen LogP contribution in [0.5, 0.6) is 5.75 Å². The fourth-order valence-corrected chi connectivity index (χ4v) is 2.73. The maximum Gasteiger partial charge on any atom is 0.416 e. The number of benzene rings is 2. The third kappa shape index (κ3) is 5.97. The van der Waals surface area contributed by atoms with E-state index in [1.54, 1.807) is 19.1 Å². The number of rotatable bonds is 7. The lowest BCUT2D eigenvalue weighted by Crippen LogP contribution is -2.17. The van der Waals surface area contributed by atoms with E-state index in [2.05, 4.69) is 5.16 Å². The van der Waals surface area contributed by atoms with Crippen LogP contribution in [0.15, 0.2) is 53.7 Å². The maximum atomic E-state index is 12.6. The molecule has 1 aliphatic heterocycles. The lowest BCUT2D eigenvalue weighted by atomic mass is 10.1. The van der Waals surface area contributed by atoms with Gasteiger partial charge in [-0.2, -0.15) is 13.2 Å². The second-order valence-corrected chi connectivity index (χ2v) is 6.63. The molecule has 2 aromatic carbocycles. The van der Waals surface area contributed by atoms with Gasteiger partial charge in [-0.3, -0.25) is 4.79 Å². The number of hydrogen-bond acceptors (Lipinski definition) is 5. The summed E-state index contributed by atoms with van der Waals surface area (Å²) in [6, 6.07) is 11.9. The number of nitrogens with zero attached hydrogens (tertiary/aromatic N) is 1. The molecule has 1 saturated heterocycles. The Morgan fingerprint density at radius 3 is 2.41 bits per heavy atom. The molecule has 1 fully saturated rings. The largest absolute Gasteiger partial charge is 0.490 e. The lowest BCUT2D eigenvalue weighted by Gasteiger charge is -2.11. The van der Waals surface area contributed by atoms with Gasteiger partial charge in [-0.1, -0.05) is 17.3 Å². The molecule has 0 spiro atoms. The van der Waals surface area contributed by atoms with Crippen molar-refractivity contribution in [1.82, 2.24) is 0 Å². The van der Waals surface area contributed by atoms with Gasteiger partial charge < -0.3 is 14.3 Å². The minimum Gasteiger partial charge on any atom is -0.490 e. The Hall–Kier alpha value is -3.03. The molecule has 5 nitrogen and oxygen atoms in total. The van der Waals surface area contributed by atoms with Crippen molar-refractivity contribution >= 4 is 11.7 Å². The first-order valence-corrected chi connectivity index (χ1v) is 9.06. The summed E-state index contributed by atoms with van der Waals surface area (Å²) in [6.45, 7) is 2.14. The van der Waals surface area contributed by atoms with E-state index in [0.717, 1.165) is 17.7 Å². The molecule has 3 rings (SSSR count). The molecule has 2 aromatic rings. The molecule has 1 heterocycles. The van der Waals surface area contributed by atoms with E-state index in [9.17, 15) is 18.0 Å². The predicted octanol–water partition coefficient (Wildman–Crippen LogP) is 4.73. The first-order valence-electron chi connectivity index (χ1n) is 9.06. The predicted molar refractivity (Wildman–Crippen MR) is 99.5 cm³/mol. The van der Waals surface area contributed by atoms with Crippen molar-refractivity contribution < 1.29 is 32.3 Å². The van der Waals surface area contributed by atoms with Gasteiger partial charge in [0, 0.05) is 6.42 Å². The Morgan fingerprint density at radius 1 is 1.14 bits per heavy atom. The van der Waals surface area contributed by atoms with E-state index in [-0.39, 0.29) is 18.7 Å². The van der Waals surface area contributed by atoms with E-state index in [1.165, 1.54) is 12.1 Å². The quantitative estimate of drug-likeness (QED) is 0.378. The molecular formula is C21H20F3NO4. The smallest absolute Gasteiger partial charge is 0.416 e. The Kier molecular flexibility index (Phi) is 6.41. The van der Waals surface area contributed by atoms with Crippen molar-refractivity contribution in [3.05, 3.63) is 65.2 Å². The molecule has 154 valence electrons. The number of halogens is 3. The molecule has 0 aliphatic carbocycles. The van der Waals surface area contributed by atoms with Crippen molar-refractivity contribution in [2.24, 2.45) is 5.16 Å².